The lowest BCUT2D eigenvalue weighted by atomic mass is 10.2. The van der Waals surface area contributed by atoms with Crippen LogP contribution in [0.3, 0.4) is 0 Å². The van der Waals surface area contributed by atoms with E-state index in [9.17, 15) is 9.59 Å². The standard InChI is InChI=1S/C13H17N3O3S/c1-20-5-4-9(14)13(18)15-8-2-3-11-10(6-8)16-12(17)7-19-11/h2-3,6,9H,4-5,7,14H2,1H3,(H,15,18)(H,16,17)/t9-/m1/s1. The second-order valence-corrected chi connectivity index (χ2v) is 5.41. The summed E-state index contributed by atoms with van der Waals surface area (Å²) < 4.78 is 5.24. The molecule has 2 rings (SSSR count). The van der Waals surface area contributed by atoms with Crippen LogP contribution >= 0.6 is 11.8 Å². The lowest BCUT2D eigenvalue weighted by molar-refractivity contribution is -0.118. The van der Waals surface area contributed by atoms with Gasteiger partial charge in [0.2, 0.25) is 5.91 Å². The number of nitrogens with two attached hydrogens (primary N) is 1. The first-order chi connectivity index (χ1) is 9.60. The van der Waals surface area contributed by atoms with Crippen molar-refractivity contribution < 1.29 is 14.3 Å². The highest BCUT2D eigenvalue weighted by Gasteiger charge is 2.18. The van der Waals surface area contributed by atoms with Gasteiger partial charge in [-0.3, -0.25) is 9.59 Å². The molecule has 0 saturated carbocycles. The lowest BCUT2D eigenvalue weighted by Crippen LogP contribution is -2.36. The maximum Gasteiger partial charge on any atom is 0.262 e. The van der Waals surface area contributed by atoms with Gasteiger partial charge in [0.1, 0.15) is 5.75 Å². The van der Waals surface area contributed by atoms with Gasteiger partial charge in [-0.05, 0) is 36.6 Å². The first-order valence-corrected chi connectivity index (χ1v) is 7.61. The van der Waals surface area contributed by atoms with Crippen LogP contribution in [0.25, 0.3) is 0 Å². The highest BCUT2D eigenvalue weighted by molar-refractivity contribution is 7.98. The largest absolute Gasteiger partial charge is 0.482 e. The Morgan fingerprint density at radius 1 is 1.60 bits per heavy atom. The molecule has 4 N–H and O–H groups in total. The van der Waals surface area contributed by atoms with Crippen LogP contribution in [0.15, 0.2) is 18.2 Å². The zero-order valence-electron chi connectivity index (χ0n) is 11.1. The van der Waals surface area contributed by atoms with Crippen molar-refractivity contribution in [2.24, 2.45) is 5.73 Å². The molecule has 1 heterocycles. The third-order valence-electron chi connectivity index (χ3n) is 2.85. The summed E-state index contributed by atoms with van der Waals surface area (Å²) in [5.41, 5.74) is 6.93. The predicted molar refractivity (Wildman–Crippen MR) is 80.2 cm³/mol. The summed E-state index contributed by atoms with van der Waals surface area (Å²) in [6, 6.07) is 4.54. The van der Waals surface area contributed by atoms with E-state index in [4.69, 9.17) is 10.5 Å². The molecule has 0 saturated heterocycles. The van der Waals surface area contributed by atoms with Crippen LogP contribution in [0.1, 0.15) is 6.42 Å². The Bertz CT molecular complexity index is 522. The number of rotatable bonds is 5. The Hall–Kier alpha value is -1.73. The molecule has 0 spiro atoms. The van der Waals surface area contributed by atoms with Crippen LogP contribution in [-0.2, 0) is 9.59 Å². The molecule has 2 amide bonds. The first-order valence-electron chi connectivity index (χ1n) is 6.22. The van der Waals surface area contributed by atoms with E-state index < -0.39 is 6.04 Å². The molecule has 0 radical (unpaired) electrons. The van der Waals surface area contributed by atoms with E-state index in [0.717, 1.165) is 5.75 Å². The monoisotopic (exact) mass is 295 g/mol. The molecule has 0 fully saturated rings. The van der Waals surface area contributed by atoms with Gasteiger partial charge in [0, 0.05) is 5.69 Å². The number of carbonyl (C=O) groups excluding carboxylic acids is 2. The Balaban J connectivity index is 2.01. The Morgan fingerprint density at radius 2 is 2.40 bits per heavy atom. The highest BCUT2D eigenvalue weighted by Crippen LogP contribution is 2.30. The maximum atomic E-state index is 11.9. The minimum absolute atomic E-state index is 0.0122. The van der Waals surface area contributed by atoms with Gasteiger partial charge in [-0.1, -0.05) is 0 Å². The van der Waals surface area contributed by atoms with Crippen molar-refractivity contribution >= 4 is 35.0 Å². The van der Waals surface area contributed by atoms with E-state index in [0.29, 0.717) is 23.5 Å². The zero-order chi connectivity index (χ0) is 14.5. The molecule has 0 unspecified atom stereocenters. The van der Waals surface area contributed by atoms with Crippen molar-refractivity contribution in [1.82, 2.24) is 0 Å². The van der Waals surface area contributed by atoms with Crippen molar-refractivity contribution in [3.8, 4) is 5.75 Å². The number of hydrogen-bond donors (Lipinski definition) is 3. The molecule has 1 aromatic carbocycles. The quantitative estimate of drug-likeness (QED) is 0.754. The Labute approximate surface area is 121 Å². The first kappa shape index (κ1) is 14.7. The van der Waals surface area contributed by atoms with Gasteiger partial charge in [-0.25, -0.2) is 0 Å². The van der Waals surface area contributed by atoms with Gasteiger partial charge in [-0.2, -0.15) is 11.8 Å². The summed E-state index contributed by atoms with van der Waals surface area (Å²) in [6.45, 7) is 0.0122. The number of amides is 2. The fraction of sp³-hybridized carbons (Fsp3) is 0.385. The van der Waals surface area contributed by atoms with Crippen LogP contribution in [0.5, 0.6) is 5.75 Å². The summed E-state index contributed by atoms with van der Waals surface area (Å²) in [7, 11) is 0. The van der Waals surface area contributed by atoms with Crippen LogP contribution < -0.4 is 21.1 Å². The fourth-order valence-corrected chi connectivity index (χ4v) is 2.26. The number of nitrogens with one attached hydrogen (secondary N) is 2. The van der Waals surface area contributed by atoms with Gasteiger partial charge < -0.3 is 21.1 Å². The molecule has 1 aliphatic rings. The van der Waals surface area contributed by atoms with Crippen molar-refractivity contribution in [1.29, 1.82) is 0 Å². The minimum Gasteiger partial charge on any atom is -0.482 e. The Kier molecular flexibility index (Phi) is 4.86. The van der Waals surface area contributed by atoms with E-state index in [-0.39, 0.29) is 18.4 Å². The van der Waals surface area contributed by atoms with Gasteiger partial charge >= 0.3 is 0 Å². The van der Waals surface area contributed by atoms with Crippen molar-refractivity contribution in [2.45, 2.75) is 12.5 Å². The minimum atomic E-state index is -0.538. The molecule has 1 aliphatic heterocycles. The van der Waals surface area contributed by atoms with E-state index in [1.807, 2.05) is 6.26 Å². The molecule has 0 aromatic heterocycles. The third kappa shape index (κ3) is 3.64. The number of carbonyl (C=O) groups is 2. The molecule has 6 nitrogen and oxygen atoms in total. The average Bonchev–Trinajstić information content (AvgIpc) is 2.44. The smallest absolute Gasteiger partial charge is 0.262 e. The SMILES string of the molecule is CSCC[C@@H](N)C(=O)Nc1ccc2c(c1)NC(=O)CO2. The third-order valence-corrected chi connectivity index (χ3v) is 3.49. The number of thioether (sulfide) groups is 1. The normalized spacial score (nSPS) is 14.8. The predicted octanol–water partition coefficient (Wildman–Crippen LogP) is 1.04. The summed E-state index contributed by atoms with van der Waals surface area (Å²) in [6.07, 6.45) is 2.59. The summed E-state index contributed by atoms with van der Waals surface area (Å²) in [4.78, 5) is 23.1. The zero-order valence-corrected chi connectivity index (χ0v) is 12.0. The van der Waals surface area contributed by atoms with Crippen LogP contribution in [0.4, 0.5) is 11.4 Å². The van der Waals surface area contributed by atoms with E-state index in [2.05, 4.69) is 10.6 Å². The molecular formula is C13H17N3O3S. The van der Waals surface area contributed by atoms with Crippen LogP contribution in [-0.4, -0.2) is 36.5 Å². The van der Waals surface area contributed by atoms with Crippen molar-refractivity contribution in [3.63, 3.8) is 0 Å². The summed E-state index contributed by atoms with van der Waals surface area (Å²) >= 11 is 1.65. The van der Waals surface area contributed by atoms with Crippen LogP contribution in [0, 0.1) is 0 Å². The van der Waals surface area contributed by atoms with Crippen LogP contribution in [0.2, 0.25) is 0 Å². The van der Waals surface area contributed by atoms with Gasteiger partial charge in [0.05, 0.1) is 11.7 Å². The van der Waals surface area contributed by atoms with Crippen molar-refractivity contribution in [2.75, 3.05) is 29.2 Å². The molecule has 0 bridgehead atoms. The maximum absolute atomic E-state index is 11.9. The second-order valence-electron chi connectivity index (χ2n) is 4.43. The molecule has 7 heteroatoms. The topological polar surface area (TPSA) is 93.5 Å². The number of benzene rings is 1. The number of anilines is 2. The molecule has 1 atom stereocenters. The number of ether oxygens (including phenoxy) is 1. The van der Waals surface area contributed by atoms with E-state index in [1.54, 1.807) is 30.0 Å². The summed E-state index contributed by atoms with van der Waals surface area (Å²) in [5.74, 6) is 0.983. The van der Waals surface area contributed by atoms with Gasteiger partial charge in [0.15, 0.2) is 6.61 Å². The Morgan fingerprint density at radius 3 is 3.15 bits per heavy atom. The number of hydrogen-bond acceptors (Lipinski definition) is 5. The van der Waals surface area contributed by atoms with Gasteiger partial charge in [-0.15, -0.1) is 0 Å². The summed E-state index contributed by atoms with van der Waals surface area (Å²) in [5, 5.41) is 5.42. The fourth-order valence-electron chi connectivity index (χ4n) is 1.77. The van der Waals surface area contributed by atoms with E-state index >= 15 is 0 Å². The molecule has 0 aliphatic carbocycles. The lowest BCUT2D eigenvalue weighted by Gasteiger charge is -2.19. The second kappa shape index (κ2) is 6.62. The average molecular weight is 295 g/mol. The molecule has 108 valence electrons. The molecule has 1 aromatic rings. The molecule has 20 heavy (non-hydrogen) atoms. The highest BCUT2D eigenvalue weighted by atomic mass is 32.2. The van der Waals surface area contributed by atoms with E-state index in [1.165, 1.54) is 0 Å². The number of fused-ring (bicyclic) bond motifs is 1. The van der Waals surface area contributed by atoms with Crippen molar-refractivity contribution in [3.05, 3.63) is 18.2 Å². The van der Waals surface area contributed by atoms with Gasteiger partial charge in [0.25, 0.3) is 5.91 Å². The molecular weight excluding hydrogens is 278 g/mol.